The first-order valence-electron chi connectivity index (χ1n) is 9.53. The summed E-state index contributed by atoms with van der Waals surface area (Å²) >= 11 is 0. The number of imide groups is 1. The van der Waals surface area contributed by atoms with Gasteiger partial charge in [-0.15, -0.1) is 0 Å². The van der Waals surface area contributed by atoms with Gasteiger partial charge >= 0.3 is 6.03 Å². The van der Waals surface area contributed by atoms with Gasteiger partial charge in [0, 0.05) is 19.5 Å². The molecule has 3 rings (SSSR count). The Kier molecular flexibility index (Phi) is 5.78. The Balaban J connectivity index is 1.96. The second-order valence-corrected chi connectivity index (χ2v) is 6.82. The third kappa shape index (κ3) is 3.63. The topological polar surface area (TPSA) is 69.7 Å². The van der Waals surface area contributed by atoms with Gasteiger partial charge in [-0.1, -0.05) is 60.7 Å². The molecule has 0 radical (unpaired) electrons. The van der Waals surface area contributed by atoms with Crippen molar-refractivity contribution in [1.82, 2.24) is 15.1 Å². The number of hydrogen-bond acceptors (Lipinski definition) is 3. The molecule has 2 aromatic rings. The Hall–Kier alpha value is -3.15. The summed E-state index contributed by atoms with van der Waals surface area (Å²) in [6.07, 6.45) is 0.318. The molecular weight excluding hydrogens is 354 g/mol. The lowest BCUT2D eigenvalue weighted by Crippen LogP contribution is -2.47. The van der Waals surface area contributed by atoms with Crippen LogP contribution in [0.25, 0.3) is 0 Å². The van der Waals surface area contributed by atoms with E-state index in [1.165, 1.54) is 0 Å². The fourth-order valence-electron chi connectivity index (χ4n) is 3.62. The smallest absolute Gasteiger partial charge is 0.325 e. The minimum Gasteiger partial charge on any atom is -0.342 e. The summed E-state index contributed by atoms with van der Waals surface area (Å²) < 4.78 is 0. The SMILES string of the molecule is CCN(CC)C(=O)CN1C(=O)N[C@](Cc2ccccc2)(c2ccccc2)C1=O. The normalized spacial score (nSPS) is 18.9. The van der Waals surface area contributed by atoms with E-state index in [0.29, 0.717) is 25.1 Å². The van der Waals surface area contributed by atoms with E-state index < -0.39 is 17.5 Å². The third-order valence-electron chi connectivity index (χ3n) is 5.16. The van der Waals surface area contributed by atoms with Crippen LogP contribution in [0.1, 0.15) is 25.0 Å². The highest BCUT2D eigenvalue weighted by Gasteiger charge is 2.52. The number of benzene rings is 2. The molecule has 0 bridgehead atoms. The molecule has 28 heavy (non-hydrogen) atoms. The Labute approximate surface area is 165 Å². The van der Waals surface area contributed by atoms with Crippen molar-refractivity contribution in [2.75, 3.05) is 19.6 Å². The maximum absolute atomic E-state index is 13.4. The van der Waals surface area contributed by atoms with Crippen molar-refractivity contribution in [2.24, 2.45) is 0 Å². The first kappa shape index (κ1) is 19.6. The maximum atomic E-state index is 13.4. The molecule has 6 nitrogen and oxygen atoms in total. The zero-order valence-electron chi connectivity index (χ0n) is 16.2. The molecular formula is C22H25N3O3. The quantitative estimate of drug-likeness (QED) is 0.752. The van der Waals surface area contributed by atoms with Crippen LogP contribution in [-0.2, 0) is 21.5 Å². The standard InChI is InChI=1S/C22H25N3O3/c1-3-24(4-2)19(26)16-25-20(27)22(23-21(25)28,18-13-9-6-10-14-18)15-17-11-7-5-8-12-17/h5-14H,3-4,15-16H2,1-2H3,(H,23,28)/t22-/m1/s1. The van der Waals surface area contributed by atoms with Crippen LogP contribution in [0.15, 0.2) is 60.7 Å². The number of carbonyl (C=O) groups is 3. The molecule has 1 heterocycles. The van der Waals surface area contributed by atoms with E-state index in [1.807, 2.05) is 74.5 Å². The van der Waals surface area contributed by atoms with Gasteiger partial charge < -0.3 is 10.2 Å². The number of amides is 4. The third-order valence-corrected chi connectivity index (χ3v) is 5.16. The molecule has 1 aliphatic rings. The number of urea groups is 1. The van der Waals surface area contributed by atoms with E-state index in [4.69, 9.17) is 0 Å². The molecule has 2 aromatic carbocycles. The van der Waals surface area contributed by atoms with Gasteiger partial charge in [-0.3, -0.25) is 14.5 Å². The van der Waals surface area contributed by atoms with Crippen LogP contribution in [0.3, 0.4) is 0 Å². The number of likely N-dealkylation sites (N-methyl/N-ethyl adjacent to an activating group) is 1. The molecule has 4 amide bonds. The van der Waals surface area contributed by atoms with Crippen molar-refractivity contribution < 1.29 is 14.4 Å². The summed E-state index contributed by atoms with van der Waals surface area (Å²) in [7, 11) is 0. The van der Waals surface area contributed by atoms with Crippen LogP contribution in [-0.4, -0.2) is 47.3 Å². The Morgan fingerprint density at radius 2 is 1.54 bits per heavy atom. The van der Waals surface area contributed by atoms with Gasteiger partial charge in [0.15, 0.2) is 5.54 Å². The molecule has 0 aliphatic carbocycles. The highest BCUT2D eigenvalue weighted by Crippen LogP contribution is 2.33. The number of nitrogens with zero attached hydrogens (tertiary/aromatic N) is 2. The second kappa shape index (κ2) is 8.25. The van der Waals surface area contributed by atoms with E-state index in [9.17, 15) is 14.4 Å². The maximum Gasteiger partial charge on any atom is 0.325 e. The van der Waals surface area contributed by atoms with Crippen LogP contribution in [0.2, 0.25) is 0 Å². The van der Waals surface area contributed by atoms with Crippen molar-refractivity contribution in [1.29, 1.82) is 0 Å². The number of carbonyl (C=O) groups excluding carboxylic acids is 3. The lowest BCUT2D eigenvalue weighted by molar-refractivity contribution is -0.139. The molecule has 0 saturated carbocycles. The predicted molar refractivity (Wildman–Crippen MR) is 106 cm³/mol. The van der Waals surface area contributed by atoms with E-state index in [0.717, 1.165) is 10.5 Å². The fraction of sp³-hybridized carbons (Fsp3) is 0.318. The monoisotopic (exact) mass is 379 g/mol. The van der Waals surface area contributed by atoms with Gasteiger partial charge in [0.1, 0.15) is 6.54 Å². The first-order valence-corrected chi connectivity index (χ1v) is 9.53. The summed E-state index contributed by atoms with van der Waals surface area (Å²) in [4.78, 5) is 41.3. The summed E-state index contributed by atoms with van der Waals surface area (Å²) in [6, 6.07) is 18.2. The van der Waals surface area contributed by atoms with E-state index in [2.05, 4.69) is 5.32 Å². The van der Waals surface area contributed by atoms with E-state index >= 15 is 0 Å². The fourth-order valence-corrected chi connectivity index (χ4v) is 3.62. The molecule has 0 unspecified atom stereocenters. The van der Waals surface area contributed by atoms with Crippen LogP contribution < -0.4 is 5.32 Å². The molecule has 0 spiro atoms. The average Bonchev–Trinajstić information content (AvgIpc) is 2.95. The van der Waals surface area contributed by atoms with Crippen LogP contribution in [0, 0.1) is 0 Å². The van der Waals surface area contributed by atoms with Crippen LogP contribution in [0.4, 0.5) is 4.79 Å². The van der Waals surface area contributed by atoms with E-state index in [1.54, 1.807) is 4.90 Å². The number of hydrogen-bond donors (Lipinski definition) is 1. The van der Waals surface area contributed by atoms with Crippen molar-refractivity contribution in [2.45, 2.75) is 25.8 Å². The van der Waals surface area contributed by atoms with Crippen molar-refractivity contribution in [3.05, 3.63) is 71.8 Å². The Morgan fingerprint density at radius 3 is 2.11 bits per heavy atom. The molecule has 1 fully saturated rings. The molecule has 146 valence electrons. The summed E-state index contributed by atoms with van der Waals surface area (Å²) in [5.41, 5.74) is 0.412. The predicted octanol–water partition coefficient (Wildman–Crippen LogP) is 2.54. The van der Waals surface area contributed by atoms with Gasteiger partial charge in [-0.25, -0.2) is 4.79 Å². The molecule has 6 heteroatoms. The minimum absolute atomic E-state index is 0.239. The Morgan fingerprint density at radius 1 is 0.964 bits per heavy atom. The average molecular weight is 379 g/mol. The largest absolute Gasteiger partial charge is 0.342 e. The summed E-state index contributed by atoms with van der Waals surface area (Å²) in [5.74, 6) is -0.634. The minimum atomic E-state index is -1.22. The van der Waals surface area contributed by atoms with Gasteiger partial charge in [-0.2, -0.15) is 0 Å². The molecule has 0 aromatic heterocycles. The summed E-state index contributed by atoms with van der Waals surface area (Å²) in [5, 5.41) is 2.88. The first-order chi connectivity index (χ1) is 13.5. The highest BCUT2D eigenvalue weighted by atomic mass is 16.2. The number of rotatable bonds is 7. The van der Waals surface area contributed by atoms with E-state index in [-0.39, 0.29) is 12.5 Å². The number of nitrogens with one attached hydrogen (secondary N) is 1. The zero-order chi connectivity index (χ0) is 20.1. The van der Waals surface area contributed by atoms with Gasteiger partial charge in [-0.05, 0) is 25.0 Å². The zero-order valence-corrected chi connectivity index (χ0v) is 16.2. The molecule has 1 N–H and O–H groups in total. The second-order valence-electron chi connectivity index (χ2n) is 6.82. The highest BCUT2D eigenvalue weighted by molar-refractivity contribution is 6.09. The van der Waals surface area contributed by atoms with Crippen molar-refractivity contribution in [3.63, 3.8) is 0 Å². The summed E-state index contributed by atoms with van der Waals surface area (Å²) in [6.45, 7) is 4.56. The van der Waals surface area contributed by atoms with Crippen LogP contribution in [0.5, 0.6) is 0 Å². The van der Waals surface area contributed by atoms with Crippen LogP contribution >= 0.6 is 0 Å². The molecule has 1 aliphatic heterocycles. The molecule has 1 atom stereocenters. The lowest BCUT2D eigenvalue weighted by Gasteiger charge is -2.28. The molecule has 1 saturated heterocycles. The Bertz CT molecular complexity index is 850. The van der Waals surface area contributed by atoms with Gasteiger partial charge in [0.2, 0.25) is 5.91 Å². The van der Waals surface area contributed by atoms with Gasteiger partial charge in [0.25, 0.3) is 5.91 Å². The van der Waals surface area contributed by atoms with Crippen molar-refractivity contribution >= 4 is 17.8 Å². The van der Waals surface area contributed by atoms with Gasteiger partial charge in [0.05, 0.1) is 0 Å². The lowest BCUT2D eigenvalue weighted by atomic mass is 9.83. The van der Waals surface area contributed by atoms with Crippen molar-refractivity contribution in [3.8, 4) is 0 Å².